The number of aromatic nitrogens is 3. The van der Waals surface area contributed by atoms with Crippen LogP contribution in [0.5, 0.6) is 11.5 Å². The van der Waals surface area contributed by atoms with Crippen molar-refractivity contribution in [3.8, 4) is 11.5 Å². The first kappa shape index (κ1) is 25.6. The zero-order valence-corrected chi connectivity index (χ0v) is 21.1. The molecule has 0 aliphatic rings. The second-order valence-electron chi connectivity index (χ2n) is 8.49. The number of imidazole rings is 1. The van der Waals surface area contributed by atoms with Gasteiger partial charge in [-0.1, -0.05) is 39.5 Å². The van der Waals surface area contributed by atoms with Crippen molar-refractivity contribution < 1.29 is 9.47 Å². The van der Waals surface area contributed by atoms with E-state index in [-0.39, 0.29) is 12.4 Å². The molecule has 7 heteroatoms. The van der Waals surface area contributed by atoms with Crippen molar-refractivity contribution in [2.75, 3.05) is 18.5 Å². The Morgan fingerprint density at radius 3 is 2.32 bits per heavy atom. The molecule has 0 saturated heterocycles. The Kier molecular flexibility index (Phi) is 9.40. The normalized spacial score (nSPS) is 10.9. The van der Waals surface area contributed by atoms with Crippen LogP contribution in [0.4, 0.5) is 11.4 Å². The number of benzene rings is 2. The highest BCUT2D eigenvalue weighted by atomic mass is 35.5. The lowest BCUT2D eigenvalue weighted by atomic mass is 10.1. The molecule has 2 heterocycles. The molecule has 0 spiro atoms. The van der Waals surface area contributed by atoms with Crippen LogP contribution in [0.3, 0.4) is 0 Å². The van der Waals surface area contributed by atoms with E-state index in [1.165, 1.54) is 19.3 Å². The molecule has 0 atom stereocenters. The Labute approximate surface area is 207 Å². The number of hydrogen-bond donors (Lipinski definition) is 2. The molecule has 0 saturated carbocycles. The van der Waals surface area contributed by atoms with E-state index < -0.39 is 0 Å². The summed E-state index contributed by atoms with van der Waals surface area (Å²) in [5.74, 6) is 1.59. The van der Waals surface area contributed by atoms with Crippen LogP contribution in [0, 0.1) is 6.92 Å². The minimum absolute atomic E-state index is 0. The van der Waals surface area contributed by atoms with Crippen LogP contribution in [0.15, 0.2) is 42.7 Å². The third-order valence-electron chi connectivity index (χ3n) is 5.74. The summed E-state index contributed by atoms with van der Waals surface area (Å²) in [4.78, 5) is 12.3. The van der Waals surface area contributed by atoms with Crippen LogP contribution in [-0.4, -0.2) is 28.2 Å². The molecule has 2 aromatic carbocycles. The summed E-state index contributed by atoms with van der Waals surface area (Å²) < 4.78 is 12.2. The van der Waals surface area contributed by atoms with Crippen LogP contribution < -0.4 is 14.8 Å². The zero-order chi connectivity index (χ0) is 23.0. The Morgan fingerprint density at radius 2 is 1.59 bits per heavy atom. The number of H-pyrrole nitrogens is 1. The highest BCUT2D eigenvalue weighted by molar-refractivity contribution is 6.10. The Hall–Kier alpha value is -2.99. The minimum Gasteiger partial charge on any atom is -0.490 e. The average Bonchev–Trinajstić information content (AvgIpc) is 3.29. The van der Waals surface area contributed by atoms with Gasteiger partial charge < -0.3 is 19.8 Å². The van der Waals surface area contributed by atoms with Gasteiger partial charge in [0.2, 0.25) is 0 Å². The van der Waals surface area contributed by atoms with Crippen molar-refractivity contribution in [2.45, 2.75) is 59.3 Å². The van der Waals surface area contributed by atoms with E-state index in [1.54, 1.807) is 6.33 Å². The number of nitrogens with one attached hydrogen (secondary N) is 2. The summed E-state index contributed by atoms with van der Waals surface area (Å²) in [6.45, 7) is 7.85. The number of ether oxygens (including phenoxy) is 2. The van der Waals surface area contributed by atoms with E-state index in [1.807, 2.05) is 24.3 Å². The standard InChI is InChI=1S/C27H34N4O2.ClH/c1-4-6-8-14-32-24-13-10-20(17-25(24)33-15-9-7-5-2)31-23-16-19(3)30-21-11-12-22-27(26(21)23)29-18-28-22;/h10-13,16-18,30-31H,4-9,14-15H2,1-3H3;1H. The van der Waals surface area contributed by atoms with Crippen molar-refractivity contribution in [2.24, 2.45) is 0 Å². The summed E-state index contributed by atoms with van der Waals surface area (Å²) in [7, 11) is 0. The topological polar surface area (TPSA) is 72.1 Å². The first-order valence-corrected chi connectivity index (χ1v) is 12.1. The van der Waals surface area contributed by atoms with Crippen molar-refractivity contribution in [1.82, 2.24) is 15.0 Å². The summed E-state index contributed by atoms with van der Waals surface area (Å²) in [6.07, 6.45) is 8.37. The molecule has 4 aromatic rings. The van der Waals surface area contributed by atoms with Crippen LogP contribution in [0.2, 0.25) is 0 Å². The van der Waals surface area contributed by atoms with E-state index in [0.29, 0.717) is 13.2 Å². The number of aryl methyl sites for hydroxylation is 1. The van der Waals surface area contributed by atoms with Crippen molar-refractivity contribution >= 4 is 45.7 Å². The van der Waals surface area contributed by atoms with Gasteiger partial charge in [-0.15, -0.1) is 12.4 Å². The maximum absolute atomic E-state index is 6.15. The lowest BCUT2D eigenvalue weighted by molar-refractivity contribution is 0.260. The second-order valence-corrected chi connectivity index (χ2v) is 8.49. The van der Waals surface area contributed by atoms with Gasteiger partial charge in [-0.25, -0.2) is 9.97 Å². The molecule has 0 aliphatic heterocycles. The van der Waals surface area contributed by atoms with E-state index in [9.17, 15) is 0 Å². The largest absolute Gasteiger partial charge is 0.490 e. The molecule has 6 nitrogen and oxygen atoms in total. The van der Waals surface area contributed by atoms with Gasteiger partial charge in [0.1, 0.15) is 11.8 Å². The zero-order valence-electron chi connectivity index (χ0n) is 20.3. The lowest BCUT2D eigenvalue weighted by Gasteiger charge is -2.16. The van der Waals surface area contributed by atoms with Gasteiger partial charge in [-0.3, -0.25) is 0 Å². The number of pyridine rings is 1. The number of aromatic amines is 1. The predicted molar refractivity (Wildman–Crippen MR) is 143 cm³/mol. The Morgan fingerprint density at radius 1 is 0.853 bits per heavy atom. The molecule has 0 aliphatic carbocycles. The smallest absolute Gasteiger partial charge is 0.163 e. The predicted octanol–water partition coefficient (Wildman–Crippen LogP) is 7.72. The van der Waals surface area contributed by atoms with Crippen molar-refractivity contribution in [3.05, 3.63) is 48.4 Å². The fourth-order valence-electron chi connectivity index (χ4n) is 4.02. The van der Waals surface area contributed by atoms with Crippen LogP contribution >= 0.6 is 12.4 Å². The summed E-state index contributed by atoms with van der Waals surface area (Å²) in [5.41, 5.74) is 5.80. The average molecular weight is 483 g/mol. The molecule has 2 aromatic heterocycles. The number of nitrogens with zero attached hydrogens (tertiary/aromatic N) is 2. The van der Waals surface area contributed by atoms with Crippen LogP contribution in [0.25, 0.3) is 21.9 Å². The molecular weight excluding hydrogens is 448 g/mol. The first-order valence-electron chi connectivity index (χ1n) is 12.1. The lowest BCUT2D eigenvalue weighted by Crippen LogP contribution is -2.03. The molecule has 0 fully saturated rings. The number of hydrogen-bond acceptors (Lipinski definition) is 5. The van der Waals surface area contributed by atoms with Crippen molar-refractivity contribution in [1.29, 1.82) is 0 Å². The van der Waals surface area contributed by atoms with Gasteiger partial charge in [0.15, 0.2) is 11.5 Å². The van der Waals surface area contributed by atoms with Crippen molar-refractivity contribution in [3.63, 3.8) is 0 Å². The molecule has 0 unspecified atom stereocenters. The third-order valence-corrected chi connectivity index (χ3v) is 5.74. The van der Waals surface area contributed by atoms with E-state index in [0.717, 1.165) is 69.8 Å². The van der Waals surface area contributed by atoms with Crippen LogP contribution in [0.1, 0.15) is 58.1 Å². The van der Waals surface area contributed by atoms with Crippen LogP contribution in [-0.2, 0) is 0 Å². The molecule has 0 bridgehead atoms. The number of anilines is 2. The summed E-state index contributed by atoms with van der Waals surface area (Å²) in [6, 6.07) is 12.2. The number of fused-ring (bicyclic) bond motifs is 3. The fourth-order valence-corrected chi connectivity index (χ4v) is 4.02. The SMILES string of the molecule is CCCCCOc1ccc(Nc2cc(C)[nH]c3ccc4ncnc4c23)cc1OCCCCC.Cl. The highest BCUT2D eigenvalue weighted by Crippen LogP contribution is 2.35. The molecule has 4 rings (SSSR count). The maximum Gasteiger partial charge on any atom is 0.163 e. The Bertz CT molecular complexity index is 1210. The summed E-state index contributed by atoms with van der Waals surface area (Å²) in [5, 5.41) is 4.62. The molecule has 182 valence electrons. The maximum atomic E-state index is 6.15. The third kappa shape index (κ3) is 6.11. The van der Waals surface area contributed by atoms with Gasteiger partial charge in [0.25, 0.3) is 0 Å². The van der Waals surface area contributed by atoms with Gasteiger partial charge in [0, 0.05) is 28.4 Å². The molecule has 0 radical (unpaired) electrons. The van der Waals surface area contributed by atoms with Gasteiger partial charge in [-0.05, 0) is 50.1 Å². The molecule has 34 heavy (non-hydrogen) atoms. The molecule has 0 amide bonds. The van der Waals surface area contributed by atoms with E-state index >= 15 is 0 Å². The highest BCUT2D eigenvalue weighted by Gasteiger charge is 2.12. The summed E-state index contributed by atoms with van der Waals surface area (Å²) >= 11 is 0. The van der Waals surface area contributed by atoms with E-state index in [2.05, 4.69) is 53.2 Å². The quantitative estimate of drug-likeness (QED) is 0.202. The monoisotopic (exact) mass is 482 g/mol. The number of rotatable bonds is 12. The molecular formula is C27H35ClN4O2. The Balaban J connectivity index is 0.00000324. The second kappa shape index (κ2) is 12.5. The minimum atomic E-state index is 0. The fraction of sp³-hybridized carbons (Fsp3) is 0.407. The molecule has 2 N–H and O–H groups in total. The van der Waals surface area contributed by atoms with Gasteiger partial charge in [0.05, 0.1) is 24.4 Å². The van der Waals surface area contributed by atoms with Gasteiger partial charge >= 0.3 is 0 Å². The number of halogens is 1. The first-order chi connectivity index (χ1) is 16.2. The van der Waals surface area contributed by atoms with E-state index in [4.69, 9.17) is 9.47 Å². The van der Waals surface area contributed by atoms with Gasteiger partial charge in [-0.2, -0.15) is 0 Å². The number of unbranched alkanes of at least 4 members (excludes halogenated alkanes) is 4.